The highest BCUT2D eigenvalue weighted by Gasteiger charge is 2.43. The number of nitrogens with one attached hydrogen (secondary N) is 2. The number of nitrogens with two attached hydrogens (primary N) is 1. The third kappa shape index (κ3) is 6.00. The summed E-state index contributed by atoms with van der Waals surface area (Å²) in [4.78, 5) is 60.9. The number of hydrogen-bond donors (Lipinski definition) is 3. The summed E-state index contributed by atoms with van der Waals surface area (Å²) >= 11 is 0. The number of carbonyl (C=O) groups is 4. The maximum absolute atomic E-state index is 13.1. The van der Waals surface area contributed by atoms with E-state index in [9.17, 15) is 29.3 Å². The average Bonchev–Trinajstić information content (AvgIpc) is 3.27. The number of esters is 1. The van der Waals surface area contributed by atoms with E-state index in [4.69, 9.17) is 10.5 Å². The summed E-state index contributed by atoms with van der Waals surface area (Å²) in [6.07, 6.45) is 1.25. The van der Waals surface area contributed by atoms with Gasteiger partial charge in [0.2, 0.25) is 11.8 Å². The van der Waals surface area contributed by atoms with Gasteiger partial charge in [0, 0.05) is 24.4 Å². The van der Waals surface area contributed by atoms with Crippen LogP contribution < -0.4 is 16.4 Å². The van der Waals surface area contributed by atoms with Gasteiger partial charge in [0.1, 0.15) is 11.6 Å². The first-order chi connectivity index (χ1) is 15.1. The van der Waals surface area contributed by atoms with E-state index in [0.717, 1.165) is 0 Å². The number of anilines is 1. The van der Waals surface area contributed by atoms with Gasteiger partial charge in [-0.3, -0.25) is 24.5 Å². The van der Waals surface area contributed by atoms with Crippen molar-refractivity contribution in [2.45, 2.75) is 44.7 Å². The Hall–Kier alpha value is -3.54. The lowest BCUT2D eigenvalue weighted by molar-refractivity contribution is -0.384. The topological polar surface area (TPSA) is 174 Å². The van der Waals surface area contributed by atoms with Gasteiger partial charge in [-0.15, -0.1) is 0 Å². The van der Waals surface area contributed by atoms with Crippen LogP contribution in [0.3, 0.4) is 0 Å². The normalized spacial score (nSPS) is 17.2. The first-order valence-corrected chi connectivity index (χ1v) is 10.1. The third-order valence-corrected chi connectivity index (χ3v) is 5.27. The molecular formula is C20H27N5O7. The molecule has 0 aliphatic carbocycles. The Morgan fingerprint density at radius 2 is 1.91 bits per heavy atom. The van der Waals surface area contributed by atoms with Crippen molar-refractivity contribution < 1.29 is 28.8 Å². The Morgan fingerprint density at radius 3 is 2.47 bits per heavy atom. The SMILES string of the molecule is CC[C@@](C)(NC(=O)CN)C(=O)N1CCC[C@H]1C(=O)OCC(=O)Nc1ccc([N+](=O)[O-])cc1. The minimum atomic E-state index is -1.22. The van der Waals surface area contributed by atoms with E-state index < -0.39 is 46.8 Å². The fourth-order valence-corrected chi connectivity index (χ4v) is 3.32. The van der Waals surface area contributed by atoms with Crippen molar-refractivity contribution in [2.24, 2.45) is 5.73 Å². The number of amides is 3. The van der Waals surface area contributed by atoms with Crippen molar-refractivity contribution in [1.29, 1.82) is 0 Å². The minimum Gasteiger partial charge on any atom is -0.454 e. The molecule has 1 fully saturated rings. The second kappa shape index (κ2) is 10.7. The lowest BCUT2D eigenvalue weighted by Gasteiger charge is -2.34. The summed E-state index contributed by atoms with van der Waals surface area (Å²) in [5, 5.41) is 15.7. The van der Waals surface area contributed by atoms with E-state index in [1.54, 1.807) is 13.8 Å². The zero-order valence-electron chi connectivity index (χ0n) is 18.0. The summed E-state index contributed by atoms with van der Waals surface area (Å²) in [5.41, 5.74) is 4.30. The summed E-state index contributed by atoms with van der Waals surface area (Å²) in [5.74, 6) is -2.25. The average molecular weight is 449 g/mol. The molecule has 1 aromatic rings. The van der Waals surface area contributed by atoms with Crippen LogP contribution in [0, 0.1) is 10.1 Å². The van der Waals surface area contributed by atoms with Gasteiger partial charge in [0.05, 0.1) is 11.5 Å². The second-order valence-corrected chi connectivity index (χ2v) is 7.55. The number of nitro groups is 1. The van der Waals surface area contributed by atoms with Crippen LogP contribution in [0.25, 0.3) is 0 Å². The molecular weight excluding hydrogens is 422 g/mol. The minimum absolute atomic E-state index is 0.123. The largest absolute Gasteiger partial charge is 0.454 e. The number of rotatable bonds is 9. The van der Waals surface area contributed by atoms with Gasteiger partial charge in [-0.1, -0.05) is 6.92 Å². The van der Waals surface area contributed by atoms with Crippen molar-refractivity contribution in [3.8, 4) is 0 Å². The number of carbonyl (C=O) groups excluding carboxylic acids is 4. The molecule has 1 heterocycles. The quantitative estimate of drug-likeness (QED) is 0.274. The predicted octanol–water partition coefficient (Wildman–Crippen LogP) is 0.311. The smallest absolute Gasteiger partial charge is 0.329 e. The zero-order valence-corrected chi connectivity index (χ0v) is 18.0. The van der Waals surface area contributed by atoms with Crippen LogP contribution in [0.5, 0.6) is 0 Å². The Labute approximate surface area is 184 Å². The fraction of sp³-hybridized carbons (Fsp3) is 0.500. The van der Waals surface area contributed by atoms with E-state index >= 15 is 0 Å². The molecule has 0 saturated carbocycles. The molecule has 12 heteroatoms. The van der Waals surface area contributed by atoms with E-state index in [-0.39, 0.29) is 12.2 Å². The van der Waals surface area contributed by atoms with Crippen LogP contribution in [0.1, 0.15) is 33.1 Å². The Morgan fingerprint density at radius 1 is 1.25 bits per heavy atom. The van der Waals surface area contributed by atoms with Gasteiger partial charge in [-0.25, -0.2) is 4.79 Å². The first-order valence-electron chi connectivity index (χ1n) is 10.1. The van der Waals surface area contributed by atoms with E-state index in [1.807, 2.05) is 0 Å². The van der Waals surface area contributed by atoms with E-state index in [0.29, 0.717) is 31.5 Å². The third-order valence-electron chi connectivity index (χ3n) is 5.27. The molecule has 174 valence electrons. The molecule has 1 aromatic carbocycles. The van der Waals surface area contributed by atoms with Crippen molar-refractivity contribution in [1.82, 2.24) is 10.2 Å². The first kappa shape index (κ1) is 24.7. The lowest BCUT2D eigenvalue weighted by atomic mass is 9.96. The van der Waals surface area contributed by atoms with Gasteiger partial charge in [0.15, 0.2) is 6.61 Å². The molecule has 0 aromatic heterocycles. The van der Waals surface area contributed by atoms with Crippen LogP contribution in [-0.4, -0.2) is 64.8 Å². The van der Waals surface area contributed by atoms with Gasteiger partial charge in [-0.05, 0) is 38.3 Å². The standard InChI is InChI=1S/C20H27N5O7/c1-3-20(2,23-16(26)11-21)19(29)24-10-4-5-15(24)18(28)32-12-17(27)22-13-6-8-14(9-7-13)25(30)31/h6-9,15H,3-5,10-12,21H2,1-2H3,(H,22,27)(H,23,26)/t15-,20+/m0/s1. The predicted molar refractivity (Wildman–Crippen MR) is 113 cm³/mol. The highest BCUT2D eigenvalue weighted by molar-refractivity contribution is 5.96. The highest BCUT2D eigenvalue weighted by atomic mass is 16.6. The number of ether oxygens (including phenoxy) is 1. The number of benzene rings is 1. The molecule has 12 nitrogen and oxygen atoms in total. The Balaban J connectivity index is 1.95. The molecule has 2 rings (SSSR count). The van der Waals surface area contributed by atoms with Crippen LogP contribution >= 0.6 is 0 Å². The van der Waals surface area contributed by atoms with Gasteiger partial charge in [-0.2, -0.15) is 0 Å². The number of likely N-dealkylation sites (tertiary alicyclic amines) is 1. The van der Waals surface area contributed by atoms with Crippen LogP contribution in [0.15, 0.2) is 24.3 Å². The molecule has 4 N–H and O–H groups in total. The fourth-order valence-electron chi connectivity index (χ4n) is 3.32. The lowest BCUT2D eigenvalue weighted by Crippen LogP contribution is -2.60. The van der Waals surface area contributed by atoms with Gasteiger partial charge >= 0.3 is 5.97 Å². The molecule has 1 aliphatic heterocycles. The van der Waals surface area contributed by atoms with Gasteiger partial charge in [0.25, 0.3) is 11.6 Å². The molecule has 3 amide bonds. The highest BCUT2D eigenvalue weighted by Crippen LogP contribution is 2.24. The number of non-ortho nitro benzene ring substituents is 1. The maximum Gasteiger partial charge on any atom is 0.329 e. The number of nitrogens with zero attached hydrogens (tertiary/aromatic N) is 2. The zero-order chi connectivity index (χ0) is 23.9. The van der Waals surface area contributed by atoms with E-state index in [1.165, 1.54) is 29.2 Å². The Kier molecular flexibility index (Phi) is 8.24. The van der Waals surface area contributed by atoms with Crippen molar-refractivity contribution >= 4 is 35.1 Å². The van der Waals surface area contributed by atoms with Crippen molar-refractivity contribution in [3.05, 3.63) is 34.4 Å². The maximum atomic E-state index is 13.1. The molecule has 1 aliphatic rings. The monoisotopic (exact) mass is 449 g/mol. The second-order valence-electron chi connectivity index (χ2n) is 7.55. The summed E-state index contributed by atoms with van der Waals surface area (Å²) in [6.45, 7) is 2.78. The number of nitro benzene ring substituents is 1. The molecule has 0 radical (unpaired) electrons. The summed E-state index contributed by atoms with van der Waals surface area (Å²) < 4.78 is 5.09. The molecule has 0 bridgehead atoms. The van der Waals surface area contributed by atoms with Crippen LogP contribution in [0.4, 0.5) is 11.4 Å². The van der Waals surface area contributed by atoms with Crippen LogP contribution in [0.2, 0.25) is 0 Å². The molecule has 0 spiro atoms. The van der Waals surface area contributed by atoms with Crippen molar-refractivity contribution in [2.75, 3.05) is 25.0 Å². The van der Waals surface area contributed by atoms with Gasteiger partial charge < -0.3 is 26.0 Å². The number of hydrogen-bond acceptors (Lipinski definition) is 8. The summed E-state index contributed by atoms with van der Waals surface area (Å²) in [7, 11) is 0. The van der Waals surface area contributed by atoms with Crippen molar-refractivity contribution in [3.63, 3.8) is 0 Å². The molecule has 32 heavy (non-hydrogen) atoms. The Bertz CT molecular complexity index is 889. The molecule has 0 unspecified atom stereocenters. The van der Waals surface area contributed by atoms with E-state index in [2.05, 4.69) is 10.6 Å². The summed E-state index contributed by atoms with van der Waals surface area (Å²) in [6, 6.07) is 4.32. The molecule has 2 atom stereocenters. The van der Waals surface area contributed by atoms with Crippen LogP contribution in [-0.2, 0) is 23.9 Å². The molecule has 1 saturated heterocycles.